The largest absolute Gasteiger partial charge is 0.496 e. The highest BCUT2D eigenvalue weighted by molar-refractivity contribution is 6.43. The maximum atomic E-state index is 6.11. The Hall–Kier alpha value is -1.25. The van der Waals surface area contributed by atoms with Crippen molar-refractivity contribution < 1.29 is 4.74 Å². The van der Waals surface area contributed by atoms with E-state index in [2.05, 4.69) is 4.98 Å². The molecule has 2 aromatic rings. The van der Waals surface area contributed by atoms with E-state index in [4.69, 9.17) is 27.9 Å². The lowest BCUT2D eigenvalue weighted by Crippen LogP contribution is -1.90. The SMILES string of the molecule is COc1ccccc1-c1nccc(Cl)c1Cl. The fourth-order valence-corrected chi connectivity index (χ4v) is 1.81. The molecular weight excluding hydrogens is 245 g/mol. The van der Waals surface area contributed by atoms with Gasteiger partial charge in [-0.15, -0.1) is 0 Å². The van der Waals surface area contributed by atoms with Crippen LogP contribution in [0.1, 0.15) is 0 Å². The highest BCUT2D eigenvalue weighted by Gasteiger charge is 2.12. The number of pyridine rings is 1. The molecule has 0 unspecified atom stereocenters. The van der Waals surface area contributed by atoms with Crippen LogP contribution in [0.4, 0.5) is 0 Å². The van der Waals surface area contributed by atoms with Crippen LogP contribution in [0.2, 0.25) is 10.0 Å². The number of para-hydroxylation sites is 1. The highest BCUT2D eigenvalue weighted by atomic mass is 35.5. The van der Waals surface area contributed by atoms with E-state index >= 15 is 0 Å². The fraction of sp³-hybridized carbons (Fsp3) is 0.0833. The first-order valence-electron chi connectivity index (χ1n) is 4.67. The van der Waals surface area contributed by atoms with Gasteiger partial charge in [0.1, 0.15) is 5.75 Å². The van der Waals surface area contributed by atoms with Crippen molar-refractivity contribution in [3.05, 3.63) is 46.6 Å². The number of aromatic nitrogens is 1. The summed E-state index contributed by atoms with van der Waals surface area (Å²) in [5.41, 5.74) is 1.46. The molecule has 0 amide bonds. The number of hydrogen-bond donors (Lipinski definition) is 0. The van der Waals surface area contributed by atoms with E-state index in [1.165, 1.54) is 0 Å². The second-order valence-corrected chi connectivity index (χ2v) is 3.94. The third-order valence-corrected chi connectivity index (χ3v) is 3.00. The van der Waals surface area contributed by atoms with Crippen molar-refractivity contribution in [3.63, 3.8) is 0 Å². The van der Waals surface area contributed by atoms with E-state index < -0.39 is 0 Å². The first-order valence-corrected chi connectivity index (χ1v) is 5.43. The van der Waals surface area contributed by atoms with Crippen molar-refractivity contribution in [3.8, 4) is 17.0 Å². The van der Waals surface area contributed by atoms with Gasteiger partial charge in [0.05, 0.1) is 22.8 Å². The number of hydrogen-bond acceptors (Lipinski definition) is 2. The van der Waals surface area contributed by atoms with Gasteiger partial charge in [0, 0.05) is 11.8 Å². The second-order valence-electron chi connectivity index (χ2n) is 3.16. The second kappa shape index (κ2) is 4.73. The van der Waals surface area contributed by atoms with Crippen LogP contribution in [0.25, 0.3) is 11.3 Å². The monoisotopic (exact) mass is 253 g/mol. The number of halogens is 2. The van der Waals surface area contributed by atoms with Gasteiger partial charge in [-0.05, 0) is 18.2 Å². The summed E-state index contributed by atoms with van der Waals surface area (Å²) < 4.78 is 5.25. The first kappa shape index (κ1) is 11.2. The summed E-state index contributed by atoms with van der Waals surface area (Å²) in [4.78, 5) is 4.22. The Morgan fingerprint density at radius 2 is 1.88 bits per heavy atom. The molecule has 16 heavy (non-hydrogen) atoms. The zero-order valence-electron chi connectivity index (χ0n) is 8.58. The van der Waals surface area contributed by atoms with Crippen molar-refractivity contribution >= 4 is 23.2 Å². The summed E-state index contributed by atoms with van der Waals surface area (Å²) in [6, 6.07) is 9.19. The Kier molecular flexibility index (Phi) is 3.32. The average molecular weight is 254 g/mol. The van der Waals surface area contributed by atoms with Crippen molar-refractivity contribution in [2.24, 2.45) is 0 Å². The van der Waals surface area contributed by atoms with Crippen LogP contribution in [-0.2, 0) is 0 Å². The Morgan fingerprint density at radius 3 is 2.62 bits per heavy atom. The van der Waals surface area contributed by atoms with Crippen molar-refractivity contribution in [1.29, 1.82) is 0 Å². The number of nitrogens with zero attached hydrogens (tertiary/aromatic N) is 1. The summed E-state index contributed by atoms with van der Waals surface area (Å²) in [6.45, 7) is 0. The Balaban J connectivity index is 2.63. The molecule has 2 nitrogen and oxygen atoms in total. The van der Waals surface area contributed by atoms with Crippen molar-refractivity contribution in [1.82, 2.24) is 4.98 Å². The molecule has 2 rings (SSSR count). The molecule has 0 atom stereocenters. The standard InChI is InChI=1S/C12H9Cl2NO/c1-16-10-5-3-2-4-8(10)12-11(14)9(13)6-7-15-12/h2-7H,1H3. The third-order valence-electron chi connectivity index (χ3n) is 2.20. The van der Waals surface area contributed by atoms with E-state index in [1.54, 1.807) is 19.4 Å². The molecule has 82 valence electrons. The van der Waals surface area contributed by atoms with E-state index in [-0.39, 0.29) is 0 Å². The van der Waals surface area contributed by atoms with Gasteiger partial charge < -0.3 is 4.74 Å². The Bertz CT molecular complexity index is 514. The molecule has 0 aliphatic rings. The van der Waals surface area contributed by atoms with Gasteiger partial charge in [-0.3, -0.25) is 4.98 Å². The normalized spacial score (nSPS) is 10.2. The van der Waals surface area contributed by atoms with E-state index in [0.29, 0.717) is 15.7 Å². The molecule has 0 saturated carbocycles. The summed E-state index contributed by atoms with van der Waals surface area (Å²) in [5, 5.41) is 0.922. The van der Waals surface area contributed by atoms with Crippen molar-refractivity contribution in [2.75, 3.05) is 7.11 Å². The maximum absolute atomic E-state index is 6.11. The number of benzene rings is 1. The smallest absolute Gasteiger partial charge is 0.128 e. The van der Waals surface area contributed by atoms with E-state index in [0.717, 1.165) is 11.3 Å². The van der Waals surface area contributed by atoms with Crippen molar-refractivity contribution in [2.45, 2.75) is 0 Å². The van der Waals surface area contributed by atoms with Gasteiger partial charge in [0.2, 0.25) is 0 Å². The fourth-order valence-electron chi connectivity index (χ4n) is 1.45. The first-order chi connectivity index (χ1) is 7.74. The molecule has 1 heterocycles. The Morgan fingerprint density at radius 1 is 1.12 bits per heavy atom. The zero-order chi connectivity index (χ0) is 11.5. The third kappa shape index (κ3) is 1.99. The van der Waals surface area contributed by atoms with Gasteiger partial charge in [0.15, 0.2) is 0 Å². The van der Waals surface area contributed by atoms with Crippen LogP contribution in [-0.4, -0.2) is 12.1 Å². The summed E-state index contributed by atoms with van der Waals surface area (Å²) in [5.74, 6) is 0.721. The van der Waals surface area contributed by atoms with E-state index in [9.17, 15) is 0 Å². The van der Waals surface area contributed by atoms with Gasteiger partial charge in [-0.1, -0.05) is 35.3 Å². The van der Waals surface area contributed by atoms with E-state index in [1.807, 2.05) is 24.3 Å². The zero-order valence-corrected chi connectivity index (χ0v) is 10.1. The lowest BCUT2D eigenvalue weighted by Gasteiger charge is -2.09. The number of methoxy groups -OCH3 is 1. The minimum absolute atomic E-state index is 0.439. The minimum atomic E-state index is 0.439. The molecular formula is C12H9Cl2NO. The molecule has 0 saturated heterocycles. The quantitative estimate of drug-likeness (QED) is 0.806. The van der Waals surface area contributed by atoms with Crippen LogP contribution < -0.4 is 4.74 Å². The minimum Gasteiger partial charge on any atom is -0.496 e. The summed E-state index contributed by atoms with van der Waals surface area (Å²) >= 11 is 12.1. The molecule has 0 bridgehead atoms. The van der Waals surface area contributed by atoms with Gasteiger partial charge >= 0.3 is 0 Å². The molecule has 1 aromatic carbocycles. The lowest BCUT2D eigenvalue weighted by molar-refractivity contribution is 0.416. The van der Waals surface area contributed by atoms with Crippen LogP contribution in [0, 0.1) is 0 Å². The predicted molar refractivity (Wildman–Crippen MR) is 66.2 cm³/mol. The Labute approximate surface area is 104 Å². The number of rotatable bonds is 2. The van der Waals surface area contributed by atoms with Crippen LogP contribution in [0.3, 0.4) is 0 Å². The predicted octanol–water partition coefficient (Wildman–Crippen LogP) is 4.06. The maximum Gasteiger partial charge on any atom is 0.128 e. The topological polar surface area (TPSA) is 22.1 Å². The van der Waals surface area contributed by atoms with Gasteiger partial charge in [0.25, 0.3) is 0 Å². The number of ether oxygens (including phenoxy) is 1. The van der Waals surface area contributed by atoms with Crippen LogP contribution in [0.5, 0.6) is 5.75 Å². The molecule has 0 N–H and O–H groups in total. The summed E-state index contributed by atoms with van der Waals surface area (Å²) in [6.07, 6.45) is 1.62. The average Bonchev–Trinajstić information content (AvgIpc) is 2.33. The molecule has 4 heteroatoms. The molecule has 0 radical (unpaired) electrons. The molecule has 0 aliphatic carbocycles. The lowest BCUT2D eigenvalue weighted by atomic mass is 10.1. The van der Waals surface area contributed by atoms with Crippen LogP contribution in [0.15, 0.2) is 36.5 Å². The molecule has 0 aliphatic heterocycles. The molecule has 0 spiro atoms. The van der Waals surface area contributed by atoms with Gasteiger partial charge in [-0.25, -0.2) is 0 Å². The molecule has 0 fully saturated rings. The summed E-state index contributed by atoms with van der Waals surface area (Å²) in [7, 11) is 1.61. The van der Waals surface area contributed by atoms with Crippen LogP contribution >= 0.6 is 23.2 Å². The van der Waals surface area contributed by atoms with Gasteiger partial charge in [-0.2, -0.15) is 0 Å². The highest BCUT2D eigenvalue weighted by Crippen LogP contribution is 2.36. The molecule has 1 aromatic heterocycles.